The van der Waals surface area contributed by atoms with E-state index in [4.69, 9.17) is 0 Å². The standard InChI is InChI=1S/C20H25F2NO2/c1-23(19-15-7-13-6-14(9-15)10-16(19)8-13)18(24)11-12-2-4-17(5-3-12)25-20(21)22/h2-5,13-16,19-20H,6-11H2,1H3. The quantitative estimate of drug-likeness (QED) is 0.800. The molecular weight excluding hydrogens is 324 g/mol. The van der Waals surface area contributed by atoms with Gasteiger partial charge in [0, 0.05) is 13.1 Å². The van der Waals surface area contributed by atoms with E-state index in [1.807, 2.05) is 11.9 Å². The fourth-order valence-electron chi connectivity index (χ4n) is 5.78. The summed E-state index contributed by atoms with van der Waals surface area (Å²) in [6.07, 6.45) is 6.87. The Balaban J connectivity index is 1.39. The van der Waals surface area contributed by atoms with Crippen LogP contribution >= 0.6 is 0 Å². The fourth-order valence-corrected chi connectivity index (χ4v) is 5.78. The number of hydrogen-bond acceptors (Lipinski definition) is 2. The van der Waals surface area contributed by atoms with Crippen LogP contribution in [0.3, 0.4) is 0 Å². The molecule has 1 amide bonds. The molecule has 4 bridgehead atoms. The fraction of sp³-hybridized carbons (Fsp3) is 0.650. The summed E-state index contributed by atoms with van der Waals surface area (Å²) >= 11 is 0. The lowest BCUT2D eigenvalue weighted by Crippen LogP contribution is -2.56. The number of carbonyl (C=O) groups excluding carboxylic acids is 1. The smallest absolute Gasteiger partial charge is 0.387 e. The maximum absolute atomic E-state index is 12.8. The maximum atomic E-state index is 12.8. The van der Waals surface area contributed by atoms with E-state index >= 15 is 0 Å². The van der Waals surface area contributed by atoms with E-state index in [1.165, 1.54) is 44.2 Å². The van der Waals surface area contributed by atoms with Gasteiger partial charge in [0.05, 0.1) is 6.42 Å². The van der Waals surface area contributed by atoms with Gasteiger partial charge in [0.2, 0.25) is 5.91 Å². The third-order valence-electron chi connectivity index (χ3n) is 6.52. The minimum absolute atomic E-state index is 0.125. The molecule has 0 atom stereocenters. The van der Waals surface area contributed by atoms with Crippen LogP contribution in [0, 0.1) is 23.7 Å². The zero-order valence-electron chi connectivity index (χ0n) is 14.5. The lowest BCUT2D eigenvalue weighted by atomic mass is 9.54. The maximum Gasteiger partial charge on any atom is 0.387 e. The Morgan fingerprint density at radius 3 is 2.16 bits per heavy atom. The number of nitrogens with zero attached hydrogens (tertiary/aromatic N) is 1. The van der Waals surface area contributed by atoms with Gasteiger partial charge in [0.15, 0.2) is 0 Å². The Morgan fingerprint density at radius 2 is 1.64 bits per heavy atom. The number of carbonyl (C=O) groups is 1. The van der Waals surface area contributed by atoms with Crippen molar-refractivity contribution in [3.05, 3.63) is 29.8 Å². The predicted octanol–water partition coefficient (Wildman–Crippen LogP) is 4.11. The molecule has 0 N–H and O–H groups in total. The molecule has 136 valence electrons. The third-order valence-corrected chi connectivity index (χ3v) is 6.52. The second-order valence-corrected chi connectivity index (χ2v) is 8.13. The van der Waals surface area contributed by atoms with E-state index in [0.29, 0.717) is 24.3 Å². The number of halogens is 2. The molecule has 4 aliphatic carbocycles. The first-order valence-electron chi connectivity index (χ1n) is 9.29. The van der Waals surface area contributed by atoms with Gasteiger partial charge in [0.25, 0.3) is 0 Å². The van der Waals surface area contributed by atoms with Crippen molar-refractivity contribution in [3.8, 4) is 5.75 Å². The number of hydrogen-bond donors (Lipinski definition) is 0. The highest BCUT2D eigenvalue weighted by Gasteiger charge is 2.50. The zero-order valence-corrected chi connectivity index (χ0v) is 14.5. The summed E-state index contributed by atoms with van der Waals surface area (Å²) in [5.41, 5.74) is 0.835. The van der Waals surface area contributed by atoms with E-state index < -0.39 is 6.61 Å². The molecule has 0 saturated heterocycles. The molecule has 0 unspecified atom stereocenters. The van der Waals surface area contributed by atoms with Gasteiger partial charge in [-0.2, -0.15) is 8.78 Å². The first kappa shape index (κ1) is 16.8. The van der Waals surface area contributed by atoms with Gasteiger partial charge in [-0.25, -0.2) is 0 Å². The van der Waals surface area contributed by atoms with Crippen LogP contribution in [0.1, 0.15) is 37.7 Å². The topological polar surface area (TPSA) is 29.5 Å². The van der Waals surface area contributed by atoms with Crippen LogP contribution in [0.4, 0.5) is 8.78 Å². The Hall–Kier alpha value is -1.65. The van der Waals surface area contributed by atoms with Gasteiger partial charge in [0.1, 0.15) is 5.75 Å². The van der Waals surface area contributed by atoms with Crippen LogP contribution in [0.2, 0.25) is 0 Å². The van der Waals surface area contributed by atoms with E-state index in [2.05, 4.69) is 4.74 Å². The minimum atomic E-state index is -2.82. The minimum Gasteiger partial charge on any atom is -0.435 e. The van der Waals surface area contributed by atoms with Crippen LogP contribution in [0.15, 0.2) is 24.3 Å². The van der Waals surface area contributed by atoms with Gasteiger partial charge >= 0.3 is 6.61 Å². The van der Waals surface area contributed by atoms with Crippen molar-refractivity contribution in [1.29, 1.82) is 0 Å². The van der Waals surface area contributed by atoms with Crippen LogP contribution in [0.5, 0.6) is 5.75 Å². The van der Waals surface area contributed by atoms with Crippen LogP contribution in [-0.4, -0.2) is 30.5 Å². The number of benzene rings is 1. The molecule has 0 spiro atoms. The molecule has 0 aromatic heterocycles. The van der Waals surface area contributed by atoms with Crippen LogP contribution in [0.25, 0.3) is 0 Å². The second-order valence-electron chi connectivity index (χ2n) is 8.13. The van der Waals surface area contributed by atoms with Crippen LogP contribution in [-0.2, 0) is 11.2 Å². The van der Waals surface area contributed by atoms with Gasteiger partial charge in [-0.3, -0.25) is 4.79 Å². The molecule has 5 rings (SSSR count). The summed E-state index contributed by atoms with van der Waals surface area (Å²) in [6.45, 7) is -2.82. The number of ether oxygens (including phenoxy) is 1. The summed E-state index contributed by atoms with van der Waals surface area (Å²) in [5, 5.41) is 0. The van der Waals surface area contributed by atoms with Crippen molar-refractivity contribution < 1.29 is 18.3 Å². The molecule has 4 fully saturated rings. The summed E-state index contributed by atoms with van der Waals surface area (Å²) in [7, 11) is 1.95. The normalized spacial score (nSPS) is 32.9. The molecule has 4 aliphatic rings. The van der Waals surface area contributed by atoms with Crippen molar-refractivity contribution in [2.45, 2.75) is 51.2 Å². The average molecular weight is 349 g/mol. The van der Waals surface area contributed by atoms with Gasteiger partial charge in [-0.15, -0.1) is 0 Å². The SMILES string of the molecule is CN(C(=O)Cc1ccc(OC(F)F)cc1)C1C2CC3CC(C2)CC1C3. The zero-order chi connectivity index (χ0) is 17.6. The average Bonchev–Trinajstić information content (AvgIpc) is 2.55. The first-order chi connectivity index (χ1) is 12.0. The lowest BCUT2D eigenvalue weighted by Gasteiger charge is -2.56. The summed E-state index contributed by atoms with van der Waals surface area (Å²) in [6, 6.07) is 6.78. The van der Waals surface area contributed by atoms with Gasteiger partial charge < -0.3 is 9.64 Å². The van der Waals surface area contributed by atoms with E-state index in [0.717, 1.165) is 17.4 Å². The highest BCUT2D eigenvalue weighted by atomic mass is 19.3. The predicted molar refractivity (Wildman–Crippen MR) is 90.4 cm³/mol. The summed E-state index contributed by atoms with van der Waals surface area (Å²) in [5.74, 6) is 3.38. The second kappa shape index (κ2) is 6.58. The van der Waals surface area contributed by atoms with Crippen molar-refractivity contribution in [2.24, 2.45) is 23.7 Å². The molecule has 0 aliphatic heterocycles. The van der Waals surface area contributed by atoms with Crippen LogP contribution < -0.4 is 4.74 Å². The number of alkyl halides is 2. The lowest BCUT2D eigenvalue weighted by molar-refractivity contribution is -0.140. The number of likely N-dealkylation sites (N-methyl/N-ethyl adjacent to an activating group) is 1. The first-order valence-corrected chi connectivity index (χ1v) is 9.29. The molecule has 5 heteroatoms. The molecular formula is C20H25F2NO2. The molecule has 1 aromatic carbocycles. The summed E-state index contributed by atoms with van der Waals surface area (Å²) in [4.78, 5) is 14.8. The van der Waals surface area contributed by atoms with Gasteiger partial charge in [-0.1, -0.05) is 12.1 Å². The van der Waals surface area contributed by atoms with Crippen molar-refractivity contribution in [3.63, 3.8) is 0 Å². The van der Waals surface area contributed by atoms with Gasteiger partial charge in [-0.05, 0) is 73.5 Å². The molecule has 3 nitrogen and oxygen atoms in total. The highest BCUT2D eigenvalue weighted by Crippen LogP contribution is 2.55. The molecule has 25 heavy (non-hydrogen) atoms. The van der Waals surface area contributed by atoms with Crippen molar-refractivity contribution in [1.82, 2.24) is 4.90 Å². The van der Waals surface area contributed by atoms with Crippen molar-refractivity contribution in [2.75, 3.05) is 7.05 Å². The molecule has 0 heterocycles. The molecule has 0 radical (unpaired) electrons. The third kappa shape index (κ3) is 3.38. The molecule has 1 aromatic rings. The Labute approximate surface area is 147 Å². The highest BCUT2D eigenvalue weighted by molar-refractivity contribution is 5.79. The molecule has 4 saturated carbocycles. The van der Waals surface area contributed by atoms with E-state index in [1.54, 1.807) is 12.1 Å². The largest absolute Gasteiger partial charge is 0.435 e. The van der Waals surface area contributed by atoms with E-state index in [9.17, 15) is 13.6 Å². The number of amides is 1. The monoisotopic (exact) mass is 349 g/mol. The summed E-state index contributed by atoms with van der Waals surface area (Å²) < 4.78 is 28.8. The number of rotatable bonds is 5. The van der Waals surface area contributed by atoms with Crippen molar-refractivity contribution >= 4 is 5.91 Å². The van der Waals surface area contributed by atoms with E-state index in [-0.39, 0.29) is 11.7 Å². The Morgan fingerprint density at radius 1 is 1.08 bits per heavy atom. The Kier molecular flexibility index (Phi) is 4.42. The Bertz CT molecular complexity index is 603.